The summed E-state index contributed by atoms with van der Waals surface area (Å²) in [6.45, 7) is 1.93. The third-order valence-corrected chi connectivity index (χ3v) is 4.41. The van der Waals surface area contributed by atoms with Gasteiger partial charge in [0, 0.05) is 43.2 Å². The average Bonchev–Trinajstić information content (AvgIpc) is 3.11. The number of nitrogens with zero attached hydrogens (tertiary/aromatic N) is 4. The van der Waals surface area contributed by atoms with Crippen LogP contribution in [0.3, 0.4) is 0 Å². The van der Waals surface area contributed by atoms with E-state index >= 15 is 0 Å². The van der Waals surface area contributed by atoms with Gasteiger partial charge in [-0.05, 0) is 35.8 Å². The fourth-order valence-electron chi connectivity index (χ4n) is 3.14. The summed E-state index contributed by atoms with van der Waals surface area (Å²) >= 11 is 0. The molecule has 0 aliphatic heterocycles. The zero-order valence-electron chi connectivity index (χ0n) is 15.4. The molecule has 0 saturated heterocycles. The lowest BCUT2D eigenvalue weighted by molar-refractivity contribution is 0.396. The van der Waals surface area contributed by atoms with Gasteiger partial charge in [-0.25, -0.2) is 9.97 Å². The van der Waals surface area contributed by atoms with E-state index in [0.717, 1.165) is 34.8 Å². The Morgan fingerprint density at radius 1 is 1.15 bits per heavy atom. The van der Waals surface area contributed by atoms with Crippen molar-refractivity contribution < 1.29 is 4.74 Å². The summed E-state index contributed by atoms with van der Waals surface area (Å²) in [5, 5.41) is 6.27. The van der Waals surface area contributed by atoms with E-state index in [0.29, 0.717) is 11.8 Å². The van der Waals surface area contributed by atoms with E-state index in [1.165, 1.54) is 11.1 Å². The lowest BCUT2D eigenvalue weighted by Gasteiger charge is -2.12. The van der Waals surface area contributed by atoms with Crippen molar-refractivity contribution in [2.24, 2.45) is 0 Å². The van der Waals surface area contributed by atoms with Gasteiger partial charge in [-0.15, -0.1) is 0 Å². The molecule has 1 aliphatic rings. The first-order valence-corrected chi connectivity index (χ1v) is 8.64. The summed E-state index contributed by atoms with van der Waals surface area (Å²) in [4.78, 5) is 17.5. The van der Waals surface area contributed by atoms with Crippen LogP contribution < -0.4 is 15.4 Å². The molecule has 0 amide bonds. The number of methoxy groups -OCH3 is 1. The molecule has 0 atom stereocenters. The number of aryl methyl sites for hydroxylation is 1. The number of hydrogen-bond acceptors (Lipinski definition) is 7. The predicted molar refractivity (Wildman–Crippen MR) is 106 cm³/mol. The Hall–Kier alpha value is -3.48. The third kappa shape index (κ3) is 3.44. The van der Waals surface area contributed by atoms with Gasteiger partial charge in [0.1, 0.15) is 5.82 Å². The lowest BCUT2D eigenvalue weighted by atomic mass is 10.1. The second-order valence-electron chi connectivity index (χ2n) is 6.29. The molecule has 0 spiro atoms. The Bertz CT molecular complexity index is 1030. The summed E-state index contributed by atoms with van der Waals surface area (Å²) in [5.74, 6) is 1.87. The molecular formula is C20H20N6O. The fourth-order valence-corrected chi connectivity index (χ4v) is 3.14. The third-order valence-electron chi connectivity index (χ3n) is 4.41. The monoisotopic (exact) mass is 360 g/mol. The van der Waals surface area contributed by atoms with E-state index in [1.807, 2.05) is 38.4 Å². The van der Waals surface area contributed by atoms with Gasteiger partial charge in [0.2, 0.25) is 11.8 Å². The number of allylic oxidation sites excluding steroid dienone is 1. The van der Waals surface area contributed by atoms with E-state index in [-0.39, 0.29) is 0 Å². The molecule has 0 fully saturated rings. The van der Waals surface area contributed by atoms with E-state index in [2.05, 4.69) is 36.6 Å². The Labute approximate surface area is 157 Å². The minimum Gasteiger partial charge on any atom is -0.481 e. The Morgan fingerprint density at radius 3 is 2.81 bits per heavy atom. The first-order chi connectivity index (χ1) is 13.2. The number of nitrogens with one attached hydrogen (secondary N) is 2. The summed E-state index contributed by atoms with van der Waals surface area (Å²) in [5.41, 5.74) is 6.15. The number of anilines is 3. The molecule has 2 N–H and O–H groups in total. The minimum atomic E-state index is 0.519. The molecule has 0 bridgehead atoms. The molecule has 0 radical (unpaired) electrons. The topological polar surface area (TPSA) is 84.9 Å². The molecule has 0 saturated carbocycles. The highest BCUT2D eigenvalue weighted by molar-refractivity contribution is 5.90. The smallest absolute Gasteiger partial charge is 0.229 e. The SMILES string of the molecule is CNc1cc(C)nc(Nc2cnc(OC)c(C3=Cc4ccncc4C3)c2)n1. The van der Waals surface area contributed by atoms with Gasteiger partial charge >= 0.3 is 0 Å². The molecule has 1 aliphatic carbocycles. The molecule has 3 aromatic rings. The molecule has 3 heterocycles. The van der Waals surface area contributed by atoms with Crippen molar-refractivity contribution in [3.8, 4) is 5.88 Å². The van der Waals surface area contributed by atoms with Crippen molar-refractivity contribution in [1.29, 1.82) is 0 Å². The Morgan fingerprint density at radius 2 is 2.04 bits per heavy atom. The van der Waals surface area contributed by atoms with Crippen LogP contribution in [-0.2, 0) is 6.42 Å². The van der Waals surface area contributed by atoms with Crippen LogP contribution in [0.15, 0.2) is 36.8 Å². The minimum absolute atomic E-state index is 0.519. The van der Waals surface area contributed by atoms with Crippen LogP contribution in [-0.4, -0.2) is 34.1 Å². The molecule has 3 aromatic heterocycles. The van der Waals surface area contributed by atoms with Gasteiger partial charge in [-0.3, -0.25) is 4.98 Å². The van der Waals surface area contributed by atoms with Crippen molar-refractivity contribution in [2.75, 3.05) is 24.8 Å². The molecular weight excluding hydrogens is 340 g/mol. The lowest BCUT2D eigenvalue weighted by Crippen LogP contribution is -2.03. The van der Waals surface area contributed by atoms with Crippen molar-refractivity contribution in [2.45, 2.75) is 13.3 Å². The standard InChI is InChI=1S/C20H20N6O/c1-12-6-18(21-2)26-20(24-12)25-16-9-17(19(27-3)23-11-16)14-7-13-4-5-22-10-15(13)8-14/h4-7,9-11H,8H2,1-3H3,(H2,21,24,25,26). The highest BCUT2D eigenvalue weighted by Gasteiger charge is 2.18. The van der Waals surface area contributed by atoms with E-state index < -0.39 is 0 Å². The Kier molecular flexibility index (Phi) is 4.42. The number of ether oxygens (including phenoxy) is 1. The maximum Gasteiger partial charge on any atom is 0.229 e. The number of fused-ring (bicyclic) bond motifs is 1. The molecule has 27 heavy (non-hydrogen) atoms. The van der Waals surface area contributed by atoms with E-state index in [1.54, 1.807) is 19.5 Å². The second-order valence-corrected chi connectivity index (χ2v) is 6.29. The van der Waals surface area contributed by atoms with Gasteiger partial charge in [0.25, 0.3) is 0 Å². The van der Waals surface area contributed by atoms with Crippen LogP contribution >= 0.6 is 0 Å². The Balaban J connectivity index is 1.67. The van der Waals surface area contributed by atoms with Crippen molar-refractivity contribution in [3.63, 3.8) is 0 Å². The van der Waals surface area contributed by atoms with Gasteiger partial charge < -0.3 is 15.4 Å². The molecule has 0 aromatic carbocycles. The zero-order valence-corrected chi connectivity index (χ0v) is 15.4. The molecule has 0 unspecified atom stereocenters. The van der Waals surface area contributed by atoms with Gasteiger partial charge in [0.05, 0.1) is 19.0 Å². The van der Waals surface area contributed by atoms with Crippen LogP contribution in [0.4, 0.5) is 17.5 Å². The first kappa shape index (κ1) is 17.0. The molecule has 7 nitrogen and oxygen atoms in total. The predicted octanol–water partition coefficient (Wildman–Crippen LogP) is 3.47. The van der Waals surface area contributed by atoms with Crippen LogP contribution in [0.1, 0.15) is 22.4 Å². The van der Waals surface area contributed by atoms with E-state index in [4.69, 9.17) is 4.74 Å². The van der Waals surface area contributed by atoms with Crippen LogP contribution in [0.5, 0.6) is 5.88 Å². The quantitative estimate of drug-likeness (QED) is 0.720. The summed E-state index contributed by atoms with van der Waals surface area (Å²) in [6, 6.07) is 5.92. The molecule has 4 rings (SSSR count). The normalized spacial score (nSPS) is 12.3. The van der Waals surface area contributed by atoms with Gasteiger partial charge in [-0.2, -0.15) is 4.98 Å². The van der Waals surface area contributed by atoms with Crippen LogP contribution in [0, 0.1) is 6.92 Å². The highest BCUT2D eigenvalue weighted by Crippen LogP contribution is 2.36. The maximum atomic E-state index is 5.48. The summed E-state index contributed by atoms with van der Waals surface area (Å²) in [6.07, 6.45) is 8.39. The molecule has 7 heteroatoms. The van der Waals surface area contributed by atoms with E-state index in [9.17, 15) is 0 Å². The molecule has 136 valence electrons. The highest BCUT2D eigenvalue weighted by atomic mass is 16.5. The van der Waals surface area contributed by atoms with Gasteiger partial charge in [0.15, 0.2) is 0 Å². The van der Waals surface area contributed by atoms with Crippen molar-refractivity contribution in [3.05, 3.63) is 59.2 Å². The second kappa shape index (κ2) is 7.03. The zero-order chi connectivity index (χ0) is 18.8. The number of rotatable bonds is 5. The summed E-state index contributed by atoms with van der Waals surface area (Å²) < 4.78 is 5.48. The van der Waals surface area contributed by atoms with Crippen LogP contribution in [0.25, 0.3) is 11.6 Å². The number of aromatic nitrogens is 4. The fraction of sp³-hybridized carbons (Fsp3) is 0.200. The maximum absolute atomic E-state index is 5.48. The first-order valence-electron chi connectivity index (χ1n) is 8.64. The van der Waals surface area contributed by atoms with Crippen molar-refractivity contribution in [1.82, 2.24) is 19.9 Å². The van der Waals surface area contributed by atoms with Gasteiger partial charge in [-0.1, -0.05) is 6.08 Å². The van der Waals surface area contributed by atoms with Crippen molar-refractivity contribution >= 4 is 29.1 Å². The average molecular weight is 360 g/mol. The largest absolute Gasteiger partial charge is 0.481 e. The summed E-state index contributed by atoms with van der Waals surface area (Å²) in [7, 11) is 3.46. The number of hydrogen-bond donors (Lipinski definition) is 2. The van der Waals surface area contributed by atoms with Crippen LogP contribution in [0.2, 0.25) is 0 Å². The number of pyridine rings is 2.